The second kappa shape index (κ2) is 9.76. The SMILES string of the molecule is C.CN(C)c1nc(NC2CCC(NCc3ccc(O)cc3)CC2)nc2ccccc12. The number of benzene rings is 2. The summed E-state index contributed by atoms with van der Waals surface area (Å²) in [6.45, 7) is 0.836. The molecule has 0 unspecified atom stereocenters. The van der Waals surface area contributed by atoms with Gasteiger partial charge in [0, 0.05) is 38.1 Å². The highest BCUT2D eigenvalue weighted by Crippen LogP contribution is 2.26. The van der Waals surface area contributed by atoms with Crippen LogP contribution in [0.3, 0.4) is 0 Å². The Morgan fingerprint density at radius 3 is 2.30 bits per heavy atom. The first-order valence-corrected chi connectivity index (χ1v) is 10.3. The third kappa shape index (κ3) is 5.19. The van der Waals surface area contributed by atoms with Crippen LogP contribution in [-0.4, -0.2) is 41.3 Å². The fourth-order valence-electron chi connectivity index (χ4n) is 3.97. The van der Waals surface area contributed by atoms with Crippen molar-refractivity contribution in [1.82, 2.24) is 15.3 Å². The van der Waals surface area contributed by atoms with Crippen LogP contribution in [0, 0.1) is 0 Å². The van der Waals surface area contributed by atoms with Crippen LogP contribution in [0.1, 0.15) is 38.7 Å². The molecule has 1 heterocycles. The average Bonchev–Trinajstić information content (AvgIpc) is 2.74. The quantitative estimate of drug-likeness (QED) is 0.557. The van der Waals surface area contributed by atoms with Crippen molar-refractivity contribution in [1.29, 1.82) is 0 Å². The maximum Gasteiger partial charge on any atom is 0.225 e. The standard InChI is InChI=1S/C23H29N5O.CH4/c1-28(2)22-20-5-3-4-6-21(20)26-23(27-22)25-18-11-9-17(10-12-18)24-15-16-7-13-19(29)14-8-16;/h3-8,13-14,17-18,24,29H,9-12,15H2,1-2H3,(H,25,26,27);1H4. The Balaban J connectivity index is 0.00000256. The van der Waals surface area contributed by atoms with Gasteiger partial charge in [0.15, 0.2) is 0 Å². The van der Waals surface area contributed by atoms with Gasteiger partial charge in [-0.1, -0.05) is 31.7 Å². The van der Waals surface area contributed by atoms with Gasteiger partial charge in [0.05, 0.1) is 5.52 Å². The van der Waals surface area contributed by atoms with E-state index in [1.807, 2.05) is 49.3 Å². The molecule has 0 aliphatic heterocycles. The van der Waals surface area contributed by atoms with Crippen molar-refractivity contribution in [2.24, 2.45) is 0 Å². The summed E-state index contributed by atoms with van der Waals surface area (Å²) in [6.07, 6.45) is 4.45. The second-order valence-electron chi connectivity index (χ2n) is 8.02. The first kappa shape index (κ1) is 21.8. The zero-order valence-electron chi connectivity index (χ0n) is 17.1. The van der Waals surface area contributed by atoms with Crippen LogP contribution in [-0.2, 0) is 6.54 Å². The van der Waals surface area contributed by atoms with Crippen molar-refractivity contribution in [3.63, 3.8) is 0 Å². The summed E-state index contributed by atoms with van der Waals surface area (Å²) in [7, 11) is 4.03. The minimum Gasteiger partial charge on any atom is -0.508 e. The zero-order chi connectivity index (χ0) is 20.2. The van der Waals surface area contributed by atoms with Crippen LogP contribution >= 0.6 is 0 Å². The Morgan fingerprint density at radius 2 is 1.60 bits per heavy atom. The van der Waals surface area contributed by atoms with E-state index >= 15 is 0 Å². The van der Waals surface area contributed by atoms with E-state index in [2.05, 4.69) is 16.7 Å². The molecule has 0 saturated heterocycles. The first-order chi connectivity index (χ1) is 14.1. The van der Waals surface area contributed by atoms with Crippen LogP contribution in [0.5, 0.6) is 5.75 Å². The van der Waals surface area contributed by atoms with E-state index in [0.717, 1.165) is 48.9 Å². The van der Waals surface area contributed by atoms with Gasteiger partial charge in [-0.25, -0.2) is 4.98 Å². The largest absolute Gasteiger partial charge is 0.508 e. The topological polar surface area (TPSA) is 73.3 Å². The van der Waals surface area contributed by atoms with Crippen molar-refractivity contribution >= 4 is 22.7 Å². The molecule has 0 radical (unpaired) electrons. The molecule has 160 valence electrons. The molecule has 0 atom stereocenters. The number of aromatic nitrogens is 2. The van der Waals surface area contributed by atoms with Crippen LogP contribution in [0.2, 0.25) is 0 Å². The lowest BCUT2D eigenvalue weighted by Gasteiger charge is -2.30. The molecule has 2 aromatic carbocycles. The molecule has 1 aliphatic rings. The number of hydrogen-bond acceptors (Lipinski definition) is 6. The monoisotopic (exact) mass is 407 g/mol. The summed E-state index contributed by atoms with van der Waals surface area (Å²) >= 11 is 0. The van der Waals surface area contributed by atoms with Gasteiger partial charge in [-0.2, -0.15) is 4.98 Å². The molecule has 3 aromatic rings. The number of phenolic OH excluding ortho intramolecular Hbond substituents is 1. The van der Waals surface area contributed by atoms with E-state index in [1.165, 1.54) is 5.56 Å². The Bertz CT molecular complexity index is 949. The molecular formula is C24H33N5O. The molecule has 1 aliphatic carbocycles. The van der Waals surface area contributed by atoms with E-state index in [-0.39, 0.29) is 7.43 Å². The lowest BCUT2D eigenvalue weighted by atomic mass is 9.91. The fourth-order valence-corrected chi connectivity index (χ4v) is 3.97. The molecule has 6 heteroatoms. The lowest BCUT2D eigenvalue weighted by Crippen LogP contribution is -2.37. The second-order valence-corrected chi connectivity index (χ2v) is 8.02. The molecule has 30 heavy (non-hydrogen) atoms. The third-order valence-corrected chi connectivity index (χ3v) is 5.60. The molecule has 1 saturated carbocycles. The summed E-state index contributed by atoms with van der Waals surface area (Å²) in [5, 5.41) is 17.7. The zero-order valence-corrected chi connectivity index (χ0v) is 17.1. The number of nitrogens with one attached hydrogen (secondary N) is 2. The van der Waals surface area contributed by atoms with Crippen LogP contribution in [0.4, 0.5) is 11.8 Å². The van der Waals surface area contributed by atoms with E-state index in [1.54, 1.807) is 12.1 Å². The van der Waals surface area contributed by atoms with Crippen molar-refractivity contribution in [3.8, 4) is 5.75 Å². The van der Waals surface area contributed by atoms with Crippen LogP contribution in [0.15, 0.2) is 48.5 Å². The Morgan fingerprint density at radius 1 is 0.933 bits per heavy atom. The first-order valence-electron chi connectivity index (χ1n) is 10.3. The third-order valence-electron chi connectivity index (χ3n) is 5.60. The number of anilines is 2. The van der Waals surface area contributed by atoms with Gasteiger partial charge in [-0.15, -0.1) is 0 Å². The van der Waals surface area contributed by atoms with E-state index in [4.69, 9.17) is 9.97 Å². The Hall–Kier alpha value is -2.86. The normalized spacial score (nSPS) is 18.6. The Labute approximate surface area is 179 Å². The van der Waals surface area contributed by atoms with Crippen molar-refractivity contribution < 1.29 is 5.11 Å². The highest BCUT2D eigenvalue weighted by Gasteiger charge is 2.22. The number of hydrogen-bond donors (Lipinski definition) is 3. The summed E-state index contributed by atoms with van der Waals surface area (Å²) in [6, 6.07) is 16.5. The highest BCUT2D eigenvalue weighted by molar-refractivity contribution is 5.90. The summed E-state index contributed by atoms with van der Waals surface area (Å²) in [4.78, 5) is 11.5. The fraction of sp³-hybridized carbons (Fsp3) is 0.417. The number of rotatable bonds is 6. The number of aromatic hydroxyl groups is 1. The van der Waals surface area contributed by atoms with Gasteiger partial charge in [0.2, 0.25) is 5.95 Å². The molecule has 3 N–H and O–H groups in total. The molecule has 6 nitrogen and oxygen atoms in total. The highest BCUT2D eigenvalue weighted by atomic mass is 16.3. The minimum atomic E-state index is 0. The van der Waals surface area contributed by atoms with Crippen LogP contribution < -0.4 is 15.5 Å². The number of nitrogens with zero attached hydrogens (tertiary/aromatic N) is 3. The molecule has 1 fully saturated rings. The predicted molar refractivity (Wildman–Crippen MR) is 125 cm³/mol. The van der Waals surface area contributed by atoms with Gasteiger partial charge in [-0.3, -0.25) is 0 Å². The molecule has 1 aromatic heterocycles. The predicted octanol–water partition coefficient (Wildman–Crippen LogP) is 4.55. The Kier molecular flexibility index (Phi) is 7.11. The van der Waals surface area contributed by atoms with E-state index in [0.29, 0.717) is 23.8 Å². The maximum absolute atomic E-state index is 9.39. The molecule has 4 rings (SSSR count). The lowest BCUT2D eigenvalue weighted by molar-refractivity contribution is 0.352. The summed E-state index contributed by atoms with van der Waals surface area (Å²) in [5.41, 5.74) is 2.17. The van der Waals surface area contributed by atoms with Gasteiger partial charge < -0.3 is 20.6 Å². The van der Waals surface area contributed by atoms with Crippen molar-refractivity contribution in [2.45, 2.75) is 51.7 Å². The smallest absolute Gasteiger partial charge is 0.225 e. The number of phenols is 1. The van der Waals surface area contributed by atoms with Gasteiger partial charge in [0.25, 0.3) is 0 Å². The van der Waals surface area contributed by atoms with Crippen molar-refractivity contribution in [2.75, 3.05) is 24.3 Å². The van der Waals surface area contributed by atoms with Crippen molar-refractivity contribution in [3.05, 3.63) is 54.1 Å². The molecule has 0 amide bonds. The van der Waals surface area contributed by atoms with Gasteiger partial charge in [0.1, 0.15) is 11.6 Å². The number of para-hydroxylation sites is 1. The molecule has 0 spiro atoms. The summed E-state index contributed by atoms with van der Waals surface area (Å²) in [5.74, 6) is 1.98. The molecular weight excluding hydrogens is 374 g/mol. The minimum absolute atomic E-state index is 0. The summed E-state index contributed by atoms with van der Waals surface area (Å²) < 4.78 is 0. The molecule has 0 bridgehead atoms. The average molecular weight is 408 g/mol. The maximum atomic E-state index is 9.39. The van der Waals surface area contributed by atoms with Gasteiger partial charge >= 0.3 is 0 Å². The van der Waals surface area contributed by atoms with E-state index < -0.39 is 0 Å². The van der Waals surface area contributed by atoms with Gasteiger partial charge in [-0.05, 0) is 55.5 Å². The number of fused-ring (bicyclic) bond motifs is 1. The van der Waals surface area contributed by atoms with E-state index in [9.17, 15) is 5.11 Å². The van der Waals surface area contributed by atoms with Crippen LogP contribution in [0.25, 0.3) is 10.9 Å².